The normalized spacial score (nSPS) is 12.0. The predicted molar refractivity (Wildman–Crippen MR) is 41.9 cm³/mol. The highest BCUT2D eigenvalue weighted by Gasteiger charge is 2.17. The van der Waals surface area contributed by atoms with Crippen LogP contribution in [0.25, 0.3) is 0 Å². The van der Waals surface area contributed by atoms with Crippen molar-refractivity contribution < 1.29 is 0 Å². The Morgan fingerprint density at radius 1 is 1.33 bits per heavy atom. The molecular weight excluding hydrogens is 277 g/mol. The quantitative estimate of drug-likeness (QED) is 0.483. The van der Waals surface area contributed by atoms with Crippen LogP contribution in [0.2, 0.25) is 0 Å². The van der Waals surface area contributed by atoms with E-state index in [2.05, 4.69) is 0 Å². The van der Waals surface area contributed by atoms with E-state index in [9.17, 15) is 0 Å². The Labute approximate surface area is 67.5 Å². The number of rotatable bonds is 0. The zero-order valence-corrected chi connectivity index (χ0v) is 7.66. The van der Waals surface area contributed by atoms with Crippen LogP contribution in [0.3, 0.4) is 0 Å². The molecule has 38 valence electrons. The first-order valence-corrected chi connectivity index (χ1v) is 5.42. The van der Waals surface area contributed by atoms with Gasteiger partial charge in [-0.3, -0.25) is 0 Å². The van der Waals surface area contributed by atoms with Crippen LogP contribution < -0.4 is 0 Å². The molecule has 0 radical (unpaired) electrons. The number of halogens is 4. The topological polar surface area (TPSA) is 0 Å². The first-order valence-electron chi connectivity index (χ1n) is 0.925. The second-order valence-electron chi connectivity index (χ2n) is 0.523. The number of hydrogen-bond donors (Lipinski definition) is 0. The van der Waals surface area contributed by atoms with Gasteiger partial charge in [0.1, 0.15) is 0 Å². The fraction of sp³-hybridized carbons (Fsp3) is 1.00. The van der Waals surface area contributed by atoms with Crippen molar-refractivity contribution in [3.8, 4) is 0 Å². The van der Waals surface area contributed by atoms with Gasteiger partial charge in [0, 0.05) is 21.2 Å². The highest BCUT2D eigenvalue weighted by atomic mass is 127. The van der Waals surface area contributed by atoms with Gasteiger partial charge >= 0.3 is 0 Å². The van der Waals surface area contributed by atoms with Crippen molar-refractivity contribution in [2.24, 2.45) is 0 Å². The van der Waals surface area contributed by atoms with Gasteiger partial charge in [0.15, 0.2) is 0 Å². The van der Waals surface area contributed by atoms with Gasteiger partial charge in [0.25, 0.3) is 0 Å². The lowest BCUT2D eigenvalue weighted by atomic mass is 11.8. The molecule has 0 heterocycles. The summed E-state index contributed by atoms with van der Waals surface area (Å²) >= 11 is 17.5. The van der Waals surface area contributed by atoms with Crippen molar-refractivity contribution >= 4 is 64.9 Å². The zero-order valence-electron chi connectivity index (χ0n) is 2.42. The maximum atomic E-state index is 5.20. The Balaban J connectivity index is 3.17. The Kier molecular flexibility index (Phi) is 4.07. The minimum Gasteiger partial charge on any atom is -0.0710 e. The van der Waals surface area contributed by atoms with Gasteiger partial charge in [-0.25, -0.2) is 0 Å². The van der Waals surface area contributed by atoms with Crippen LogP contribution in [0.4, 0.5) is 0 Å². The molecule has 0 saturated heterocycles. The van der Waals surface area contributed by atoms with Crippen LogP contribution >= 0.6 is 64.9 Å². The maximum absolute atomic E-state index is 5.20. The van der Waals surface area contributed by atoms with Crippen LogP contribution in [0.15, 0.2) is 0 Å². The molecule has 0 bridgehead atoms. The lowest BCUT2D eigenvalue weighted by molar-refractivity contribution is 1.81. The van der Waals surface area contributed by atoms with Gasteiger partial charge < -0.3 is 0 Å². The van der Waals surface area contributed by atoms with E-state index >= 15 is 0 Å². The largest absolute Gasteiger partial charge is 0.246 e. The monoisotopic (exact) mass is 276 g/mol. The Morgan fingerprint density at radius 3 is 1.50 bits per heavy atom. The molecule has 0 nitrogen and oxygen atoms in total. The van der Waals surface area contributed by atoms with Gasteiger partial charge in [-0.15, -0.1) is 0 Å². The van der Waals surface area contributed by atoms with Gasteiger partial charge in [0.2, 0.25) is 3.12 Å². The Morgan fingerprint density at radius 2 is 1.50 bits per heavy atom. The standard InChI is InChI=1S/CCl3IS/c2-1(3,4)6-5. The minimum absolute atomic E-state index is 1.14. The molecule has 0 aliphatic carbocycles. The lowest BCUT2D eigenvalue weighted by Gasteiger charge is -1.99. The average Bonchev–Trinajstić information content (AvgIpc) is 1.35. The maximum Gasteiger partial charge on any atom is 0.246 e. The highest BCUT2D eigenvalue weighted by molar-refractivity contribution is 14.2. The smallest absolute Gasteiger partial charge is 0.0710 e. The van der Waals surface area contributed by atoms with Crippen molar-refractivity contribution in [2.75, 3.05) is 0 Å². The second kappa shape index (κ2) is 3.07. The van der Waals surface area contributed by atoms with E-state index in [4.69, 9.17) is 34.8 Å². The van der Waals surface area contributed by atoms with E-state index in [-0.39, 0.29) is 0 Å². The lowest BCUT2D eigenvalue weighted by Crippen LogP contribution is -1.85. The van der Waals surface area contributed by atoms with Gasteiger partial charge in [-0.2, -0.15) is 0 Å². The van der Waals surface area contributed by atoms with Crippen LogP contribution in [0.1, 0.15) is 0 Å². The first kappa shape index (κ1) is 7.95. The molecule has 0 unspecified atom stereocenters. The van der Waals surface area contributed by atoms with Crippen molar-refractivity contribution in [3.63, 3.8) is 0 Å². The minimum atomic E-state index is -1.14. The molecule has 0 aliphatic heterocycles. The van der Waals surface area contributed by atoms with Gasteiger partial charge in [0.05, 0.1) is 0 Å². The van der Waals surface area contributed by atoms with Crippen LogP contribution in [0.5, 0.6) is 0 Å². The average molecular weight is 277 g/mol. The van der Waals surface area contributed by atoms with Gasteiger partial charge in [-0.1, -0.05) is 34.8 Å². The molecule has 0 amide bonds. The van der Waals surface area contributed by atoms with Crippen LogP contribution in [0, 0.1) is 0 Å². The molecule has 0 fully saturated rings. The van der Waals surface area contributed by atoms with Crippen LogP contribution in [-0.4, -0.2) is 3.12 Å². The van der Waals surface area contributed by atoms with E-state index in [0.29, 0.717) is 0 Å². The first-order chi connectivity index (χ1) is 2.56. The van der Waals surface area contributed by atoms with E-state index in [1.807, 2.05) is 21.2 Å². The summed E-state index contributed by atoms with van der Waals surface area (Å²) in [6, 6.07) is 0. The van der Waals surface area contributed by atoms with Gasteiger partial charge in [-0.05, 0) is 8.93 Å². The number of alkyl halides is 3. The summed E-state index contributed by atoms with van der Waals surface area (Å²) in [6.45, 7) is 0. The summed E-state index contributed by atoms with van der Waals surface area (Å²) < 4.78 is -1.14. The number of hydrogen-bond acceptors (Lipinski definition) is 1. The molecule has 0 spiro atoms. The van der Waals surface area contributed by atoms with Crippen molar-refractivity contribution in [3.05, 3.63) is 0 Å². The van der Waals surface area contributed by atoms with Crippen molar-refractivity contribution in [1.82, 2.24) is 0 Å². The summed E-state index contributed by atoms with van der Waals surface area (Å²) in [5, 5.41) is 0. The molecule has 0 rings (SSSR count). The van der Waals surface area contributed by atoms with E-state index in [1.165, 1.54) is 0 Å². The fourth-order valence-corrected chi connectivity index (χ4v) is 0. The van der Waals surface area contributed by atoms with E-state index < -0.39 is 3.12 Å². The predicted octanol–water partition coefficient (Wildman–Crippen LogP) is 3.40. The molecule has 0 aliphatic rings. The molecule has 6 heavy (non-hydrogen) atoms. The van der Waals surface area contributed by atoms with E-state index in [0.717, 1.165) is 8.93 Å². The molecule has 0 saturated carbocycles. The van der Waals surface area contributed by atoms with Crippen molar-refractivity contribution in [2.45, 2.75) is 3.12 Å². The summed E-state index contributed by atoms with van der Waals surface area (Å²) in [6.07, 6.45) is 0. The molecule has 0 atom stereocenters. The summed E-state index contributed by atoms with van der Waals surface area (Å²) in [4.78, 5) is 0. The third kappa shape index (κ3) is 5.95. The molecular formula is CCl3IS. The third-order valence-corrected chi connectivity index (χ3v) is 5.28. The molecule has 5 heteroatoms. The molecule has 0 aromatic rings. The van der Waals surface area contributed by atoms with E-state index in [1.54, 1.807) is 0 Å². The molecule has 0 aromatic carbocycles. The SMILES string of the molecule is ClC(Cl)(Cl)SI. The Hall–Kier alpha value is 1.95. The fourth-order valence-electron chi connectivity index (χ4n) is 0. The van der Waals surface area contributed by atoms with Crippen LogP contribution in [-0.2, 0) is 0 Å². The second-order valence-corrected chi connectivity index (χ2v) is 5.56. The summed E-state index contributed by atoms with van der Waals surface area (Å²) in [5.41, 5.74) is 0. The summed E-state index contributed by atoms with van der Waals surface area (Å²) in [5.74, 6) is 0. The highest BCUT2D eigenvalue weighted by Crippen LogP contribution is 2.42. The molecule has 0 aromatic heterocycles. The Bertz CT molecular complexity index is 40.5. The zero-order chi connectivity index (χ0) is 5.21. The molecule has 0 N–H and O–H groups in total. The summed E-state index contributed by atoms with van der Waals surface area (Å²) in [7, 11) is 1.15. The third-order valence-electron chi connectivity index (χ3n) is 0.0875. The van der Waals surface area contributed by atoms with Crippen molar-refractivity contribution in [1.29, 1.82) is 0 Å².